The molecule has 1 amide bonds. The zero-order valence-corrected chi connectivity index (χ0v) is 13.0. The number of amides is 1. The Kier molecular flexibility index (Phi) is 5.19. The Bertz CT molecular complexity index is 542. The van der Waals surface area contributed by atoms with E-state index in [1.807, 2.05) is 6.07 Å². The van der Waals surface area contributed by atoms with Gasteiger partial charge in [0.05, 0.1) is 11.8 Å². The van der Waals surface area contributed by atoms with E-state index in [-0.39, 0.29) is 12.7 Å². The van der Waals surface area contributed by atoms with Crippen LogP contribution in [0.25, 0.3) is 0 Å². The summed E-state index contributed by atoms with van der Waals surface area (Å²) in [6.07, 6.45) is 1.54. The van der Waals surface area contributed by atoms with Crippen LogP contribution in [0.4, 0.5) is 5.69 Å². The van der Waals surface area contributed by atoms with Crippen LogP contribution in [0, 0.1) is 0 Å². The molecule has 0 atom stereocenters. The number of anilines is 1. The summed E-state index contributed by atoms with van der Waals surface area (Å²) in [5, 5.41) is 8.60. The van der Waals surface area contributed by atoms with Crippen molar-refractivity contribution in [2.24, 2.45) is 5.73 Å². The quantitative estimate of drug-likeness (QED) is 0.835. The summed E-state index contributed by atoms with van der Waals surface area (Å²) in [6.45, 7) is 1.30. The average Bonchev–Trinajstić information content (AvgIpc) is 2.45. The number of primary amides is 1. The molecule has 1 saturated heterocycles. The Hall–Kier alpha value is -1.60. The summed E-state index contributed by atoms with van der Waals surface area (Å²) in [6, 6.07) is 5.28. The highest BCUT2D eigenvalue weighted by Crippen LogP contribution is 2.30. The first-order valence-corrected chi connectivity index (χ1v) is 7.44. The second kappa shape index (κ2) is 6.91. The molecule has 1 aliphatic rings. The van der Waals surface area contributed by atoms with Crippen molar-refractivity contribution in [3.05, 3.63) is 28.2 Å². The second-order valence-corrected chi connectivity index (χ2v) is 5.78. The predicted molar refractivity (Wildman–Crippen MR) is 81.5 cm³/mol. The van der Waals surface area contributed by atoms with Gasteiger partial charge in [-0.15, -0.1) is 0 Å². The Labute approximate surface area is 131 Å². The number of carbonyl (C=O) groups is 2. The maximum absolute atomic E-state index is 11.1. The number of nitrogens with two attached hydrogens (primary N) is 1. The lowest BCUT2D eigenvalue weighted by Crippen LogP contribution is -2.37. The SMILES string of the molecule is NC(=O)c1ccc(N2CCC(OCC(=O)O)CC2)c(Br)c1. The smallest absolute Gasteiger partial charge is 0.329 e. The van der Waals surface area contributed by atoms with Gasteiger partial charge in [-0.05, 0) is 47.0 Å². The van der Waals surface area contributed by atoms with Crippen molar-refractivity contribution in [1.29, 1.82) is 0 Å². The molecule has 1 aromatic carbocycles. The summed E-state index contributed by atoms with van der Waals surface area (Å²) < 4.78 is 6.13. The van der Waals surface area contributed by atoms with Crippen molar-refractivity contribution in [3.63, 3.8) is 0 Å². The molecule has 1 aliphatic heterocycles. The first kappa shape index (κ1) is 15.8. The van der Waals surface area contributed by atoms with Crippen molar-refractivity contribution in [1.82, 2.24) is 0 Å². The molecule has 0 spiro atoms. The van der Waals surface area contributed by atoms with E-state index in [2.05, 4.69) is 20.8 Å². The van der Waals surface area contributed by atoms with Gasteiger partial charge in [-0.3, -0.25) is 4.79 Å². The van der Waals surface area contributed by atoms with E-state index in [0.717, 1.165) is 36.1 Å². The molecule has 1 heterocycles. The van der Waals surface area contributed by atoms with Crippen LogP contribution < -0.4 is 10.6 Å². The Morgan fingerprint density at radius 2 is 2.05 bits per heavy atom. The van der Waals surface area contributed by atoms with Gasteiger partial charge in [-0.2, -0.15) is 0 Å². The fraction of sp³-hybridized carbons (Fsp3) is 0.429. The Balaban J connectivity index is 1.96. The second-order valence-electron chi connectivity index (χ2n) is 4.92. The van der Waals surface area contributed by atoms with Crippen LogP contribution in [0.3, 0.4) is 0 Å². The Morgan fingerprint density at radius 1 is 1.38 bits per heavy atom. The topological polar surface area (TPSA) is 92.9 Å². The Morgan fingerprint density at radius 3 is 2.57 bits per heavy atom. The third-order valence-corrected chi connectivity index (χ3v) is 4.09. The molecular formula is C14H17BrN2O4. The molecule has 6 nitrogen and oxygen atoms in total. The minimum atomic E-state index is -0.942. The van der Waals surface area contributed by atoms with Gasteiger partial charge in [0.1, 0.15) is 6.61 Å². The van der Waals surface area contributed by atoms with Crippen LogP contribution >= 0.6 is 15.9 Å². The van der Waals surface area contributed by atoms with Crippen molar-refractivity contribution in [3.8, 4) is 0 Å². The number of ether oxygens (including phenoxy) is 1. The van der Waals surface area contributed by atoms with Crippen LogP contribution in [-0.4, -0.2) is 42.8 Å². The minimum Gasteiger partial charge on any atom is -0.480 e. The number of hydrogen-bond acceptors (Lipinski definition) is 4. The predicted octanol–water partition coefficient (Wildman–Crippen LogP) is 1.62. The van der Waals surface area contributed by atoms with Crippen LogP contribution in [-0.2, 0) is 9.53 Å². The highest BCUT2D eigenvalue weighted by molar-refractivity contribution is 9.10. The molecular weight excluding hydrogens is 340 g/mol. The molecule has 0 saturated carbocycles. The zero-order valence-electron chi connectivity index (χ0n) is 11.4. The minimum absolute atomic E-state index is 0.0129. The maximum atomic E-state index is 11.1. The summed E-state index contributed by atoms with van der Waals surface area (Å²) in [5.74, 6) is -1.40. The van der Waals surface area contributed by atoms with Crippen LogP contribution in [0.15, 0.2) is 22.7 Å². The van der Waals surface area contributed by atoms with Crippen LogP contribution in [0.1, 0.15) is 23.2 Å². The van der Waals surface area contributed by atoms with E-state index >= 15 is 0 Å². The lowest BCUT2D eigenvalue weighted by molar-refractivity contribution is -0.144. The van der Waals surface area contributed by atoms with Gasteiger partial charge in [0.2, 0.25) is 5.91 Å². The number of hydrogen-bond donors (Lipinski definition) is 2. The van der Waals surface area contributed by atoms with Gasteiger partial charge >= 0.3 is 5.97 Å². The average molecular weight is 357 g/mol. The molecule has 1 fully saturated rings. The van der Waals surface area contributed by atoms with E-state index in [0.29, 0.717) is 5.56 Å². The molecule has 0 radical (unpaired) electrons. The maximum Gasteiger partial charge on any atom is 0.329 e. The molecule has 21 heavy (non-hydrogen) atoms. The van der Waals surface area contributed by atoms with Gasteiger partial charge in [-0.1, -0.05) is 0 Å². The number of rotatable bonds is 5. The largest absolute Gasteiger partial charge is 0.480 e. The normalized spacial score (nSPS) is 16.0. The third kappa shape index (κ3) is 4.18. The van der Waals surface area contributed by atoms with Gasteiger partial charge in [-0.25, -0.2) is 4.79 Å². The zero-order chi connectivity index (χ0) is 15.4. The van der Waals surface area contributed by atoms with Crippen molar-refractivity contribution >= 4 is 33.5 Å². The number of halogens is 1. The number of piperidine rings is 1. The summed E-state index contributed by atoms with van der Waals surface area (Å²) in [4.78, 5) is 23.8. The lowest BCUT2D eigenvalue weighted by Gasteiger charge is -2.34. The first-order valence-electron chi connectivity index (χ1n) is 6.65. The molecule has 0 unspecified atom stereocenters. The number of carboxylic acid groups (broad SMARTS) is 1. The van der Waals surface area contributed by atoms with E-state index < -0.39 is 11.9 Å². The van der Waals surface area contributed by atoms with E-state index in [1.165, 1.54) is 0 Å². The molecule has 3 N–H and O–H groups in total. The van der Waals surface area contributed by atoms with Crippen molar-refractivity contribution in [2.75, 3.05) is 24.6 Å². The summed E-state index contributed by atoms with van der Waals surface area (Å²) in [5.41, 5.74) is 6.71. The highest BCUT2D eigenvalue weighted by Gasteiger charge is 2.22. The van der Waals surface area contributed by atoms with Crippen LogP contribution in [0.2, 0.25) is 0 Å². The number of carboxylic acids is 1. The van der Waals surface area contributed by atoms with E-state index in [9.17, 15) is 9.59 Å². The lowest BCUT2D eigenvalue weighted by atomic mass is 10.1. The van der Waals surface area contributed by atoms with Crippen molar-refractivity contribution in [2.45, 2.75) is 18.9 Å². The molecule has 0 aromatic heterocycles. The molecule has 0 bridgehead atoms. The number of carbonyl (C=O) groups excluding carboxylic acids is 1. The highest BCUT2D eigenvalue weighted by atomic mass is 79.9. The number of benzene rings is 1. The number of aliphatic carboxylic acids is 1. The first-order chi connectivity index (χ1) is 9.97. The fourth-order valence-electron chi connectivity index (χ4n) is 2.37. The number of nitrogens with zero attached hydrogens (tertiary/aromatic N) is 1. The molecule has 7 heteroatoms. The van der Waals surface area contributed by atoms with Gasteiger partial charge in [0.15, 0.2) is 0 Å². The molecule has 114 valence electrons. The van der Waals surface area contributed by atoms with Crippen molar-refractivity contribution < 1.29 is 19.4 Å². The third-order valence-electron chi connectivity index (χ3n) is 3.46. The fourth-order valence-corrected chi connectivity index (χ4v) is 3.00. The summed E-state index contributed by atoms with van der Waals surface area (Å²) >= 11 is 3.46. The molecule has 0 aliphatic carbocycles. The van der Waals surface area contributed by atoms with E-state index in [4.69, 9.17) is 15.6 Å². The van der Waals surface area contributed by atoms with E-state index in [1.54, 1.807) is 12.1 Å². The molecule has 1 aromatic rings. The van der Waals surface area contributed by atoms with Gasteiger partial charge in [0.25, 0.3) is 0 Å². The summed E-state index contributed by atoms with van der Waals surface area (Å²) in [7, 11) is 0. The van der Waals surface area contributed by atoms with Gasteiger partial charge in [0, 0.05) is 23.1 Å². The standard InChI is InChI=1S/C14H17BrN2O4/c15-11-7-9(14(16)20)1-2-12(11)17-5-3-10(4-6-17)21-8-13(18)19/h1-2,7,10H,3-6,8H2,(H2,16,20)(H,18,19). The molecule has 2 rings (SSSR count). The van der Waals surface area contributed by atoms with Gasteiger partial charge < -0.3 is 20.5 Å². The van der Waals surface area contributed by atoms with Crippen LogP contribution in [0.5, 0.6) is 0 Å². The monoisotopic (exact) mass is 356 g/mol.